The fourth-order valence-corrected chi connectivity index (χ4v) is 2.84. The highest BCUT2D eigenvalue weighted by molar-refractivity contribution is 9.10. The Balaban J connectivity index is 3.11. The van der Waals surface area contributed by atoms with E-state index in [-0.39, 0.29) is 16.2 Å². The van der Waals surface area contributed by atoms with Crippen molar-refractivity contribution in [1.82, 2.24) is 19.7 Å². The SMILES string of the molecule is C#CCNS(=O)(=O)c1c(Br)nnn1C. The molecule has 0 saturated heterocycles. The molecular formula is C6H7BrN4O2S. The van der Waals surface area contributed by atoms with E-state index in [1.165, 1.54) is 7.05 Å². The molecule has 0 aliphatic heterocycles. The summed E-state index contributed by atoms with van der Waals surface area (Å²) in [7, 11) is -2.17. The van der Waals surface area contributed by atoms with Gasteiger partial charge in [-0.05, 0) is 15.9 Å². The summed E-state index contributed by atoms with van der Waals surface area (Å²) < 4.78 is 26.6. The van der Waals surface area contributed by atoms with Crippen LogP contribution in [0.3, 0.4) is 0 Å². The van der Waals surface area contributed by atoms with Crippen LogP contribution in [0.5, 0.6) is 0 Å². The lowest BCUT2D eigenvalue weighted by Gasteiger charge is -2.02. The zero-order valence-corrected chi connectivity index (χ0v) is 9.63. The van der Waals surface area contributed by atoms with Gasteiger partial charge < -0.3 is 0 Å². The zero-order valence-electron chi connectivity index (χ0n) is 7.23. The third-order valence-electron chi connectivity index (χ3n) is 1.36. The fourth-order valence-electron chi connectivity index (χ4n) is 0.813. The second-order valence-corrected chi connectivity index (χ2v) is 4.77. The number of nitrogens with zero attached hydrogens (tertiary/aromatic N) is 3. The van der Waals surface area contributed by atoms with Gasteiger partial charge in [-0.1, -0.05) is 11.1 Å². The molecule has 0 aliphatic rings. The highest BCUT2D eigenvalue weighted by Gasteiger charge is 2.22. The van der Waals surface area contributed by atoms with Gasteiger partial charge in [-0.25, -0.2) is 13.1 Å². The molecule has 1 heterocycles. The third kappa shape index (κ3) is 2.12. The summed E-state index contributed by atoms with van der Waals surface area (Å²) in [5, 5.41) is 7.04. The van der Waals surface area contributed by atoms with Crippen molar-refractivity contribution < 1.29 is 8.42 Å². The zero-order chi connectivity index (χ0) is 10.8. The molecule has 8 heteroatoms. The van der Waals surface area contributed by atoms with Crippen LogP contribution in [0, 0.1) is 12.3 Å². The Hall–Kier alpha value is -0.910. The summed E-state index contributed by atoms with van der Waals surface area (Å²) in [6.45, 7) is -0.0695. The molecule has 0 atom stereocenters. The van der Waals surface area contributed by atoms with E-state index in [2.05, 4.69) is 36.9 Å². The van der Waals surface area contributed by atoms with Crippen LogP contribution in [-0.2, 0) is 17.1 Å². The van der Waals surface area contributed by atoms with E-state index in [9.17, 15) is 8.42 Å². The number of hydrogen-bond donors (Lipinski definition) is 1. The van der Waals surface area contributed by atoms with Gasteiger partial charge in [-0.2, -0.15) is 4.72 Å². The Bertz CT molecular complexity index is 453. The summed E-state index contributed by atoms with van der Waals surface area (Å²) in [6.07, 6.45) is 4.94. The van der Waals surface area contributed by atoms with Gasteiger partial charge in [-0.15, -0.1) is 11.5 Å². The van der Waals surface area contributed by atoms with E-state index in [1.54, 1.807) is 0 Å². The number of sulfonamides is 1. The van der Waals surface area contributed by atoms with Gasteiger partial charge in [0.2, 0.25) is 5.03 Å². The van der Waals surface area contributed by atoms with E-state index in [0.717, 1.165) is 4.68 Å². The predicted molar refractivity (Wildman–Crippen MR) is 52.7 cm³/mol. The second-order valence-electron chi connectivity index (χ2n) is 2.34. The van der Waals surface area contributed by atoms with Gasteiger partial charge in [0.15, 0.2) is 4.60 Å². The maximum Gasteiger partial charge on any atom is 0.261 e. The van der Waals surface area contributed by atoms with Crippen LogP contribution in [0.15, 0.2) is 9.63 Å². The number of terminal acetylenes is 1. The van der Waals surface area contributed by atoms with Crippen LogP contribution in [0.4, 0.5) is 0 Å². The van der Waals surface area contributed by atoms with E-state index in [4.69, 9.17) is 6.42 Å². The Morgan fingerprint density at radius 3 is 2.79 bits per heavy atom. The molecule has 0 amide bonds. The monoisotopic (exact) mass is 278 g/mol. The number of aryl methyl sites for hydroxylation is 1. The molecular weight excluding hydrogens is 272 g/mol. The van der Waals surface area contributed by atoms with Gasteiger partial charge in [0.1, 0.15) is 0 Å². The van der Waals surface area contributed by atoms with Crippen LogP contribution in [0.2, 0.25) is 0 Å². The average Bonchev–Trinajstić information content (AvgIpc) is 2.43. The highest BCUT2D eigenvalue weighted by Crippen LogP contribution is 2.16. The highest BCUT2D eigenvalue weighted by atomic mass is 79.9. The summed E-state index contributed by atoms with van der Waals surface area (Å²) >= 11 is 2.98. The third-order valence-corrected chi connectivity index (χ3v) is 3.64. The molecule has 14 heavy (non-hydrogen) atoms. The van der Waals surface area contributed by atoms with Gasteiger partial charge >= 0.3 is 0 Å². The van der Waals surface area contributed by atoms with Gasteiger partial charge in [0.25, 0.3) is 10.0 Å². The summed E-state index contributed by atoms with van der Waals surface area (Å²) in [6, 6.07) is 0. The Morgan fingerprint density at radius 1 is 1.71 bits per heavy atom. The Kier molecular flexibility index (Phi) is 3.25. The molecule has 0 spiro atoms. The first-order valence-electron chi connectivity index (χ1n) is 3.47. The van der Waals surface area contributed by atoms with Crippen molar-refractivity contribution in [1.29, 1.82) is 0 Å². The first-order chi connectivity index (χ1) is 6.49. The molecule has 6 nitrogen and oxygen atoms in total. The van der Waals surface area contributed by atoms with Crippen LogP contribution in [0.25, 0.3) is 0 Å². The number of rotatable bonds is 3. The van der Waals surface area contributed by atoms with Crippen molar-refractivity contribution in [2.45, 2.75) is 5.03 Å². The van der Waals surface area contributed by atoms with E-state index < -0.39 is 10.0 Å². The first-order valence-corrected chi connectivity index (χ1v) is 5.75. The molecule has 1 aromatic rings. The van der Waals surface area contributed by atoms with Gasteiger partial charge in [0.05, 0.1) is 6.54 Å². The number of aromatic nitrogens is 3. The van der Waals surface area contributed by atoms with Crippen LogP contribution in [0.1, 0.15) is 0 Å². The second kappa shape index (κ2) is 4.08. The molecule has 1 rings (SSSR count). The number of nitrogens with one attached hydrogen (secondary N) is 1. The van der Waals surface area contributed by atoms with Crippen molar-refractivity contribution in [3.8, 4) is 12.3 Å². The smallest absolute Gasteiger partial charge is 0.235 e. The quantitative estimate of drug-likeness (QED) is 0.756. The molecule has 0 radical (unpaired) electrons. The lowest BCUT2D eigenvalue weighted by atomic mass is 10.7. The molecule has 76 valence electrons. The summed E-state index contributed by atoms with van der Waals surface area (Å²) in [5.74, 6) is 2.17. The van der Waals surface area contributed by atoms with E-state index >= 15 is 0 Å². The van der Waals surface area contributed by atoms with E-state index in [0.29, 0.717) is 0 Å². The minimum absolute atomic E-state index is 0.0484. The van der Waals surface area contributed by atoms with Crippen molar-refractivity contribution in [2.75, 3.05) is 6.54 Å². The molecule has 0 fully saturated rings. The maximum atomic E-state index is 11.6. The molecule has 0 unspecified atom stereocenters. The predicted octanol–water partition coefficient (Wildman–Crippen LogP) is -0.511. The average molecular weight is 279 g/mol. The largest absolute Gasteiger partial charge is 0.261 e. The first kappa shape index (κ1) is 11.2. The van der Waals surface area contributed by atoms with Crippen molar-refractivity contribution >= 4 is 26.0 Å². The molecule has 0 aliphatic carbocycles. The fraction of sp³-hybridized carbons (Fsp3) is 0.333. The molecule has 1 N–H and O–H groups in total. The number of halogens is 1. The van der Waals surface area contributed by atoms with Crippen molar-refractivity contribution in [2.24, 2.45) is 7.05 Å². The topological polar surface area (TPSA) is 76.9 Å². The standard InChI is InChI=1S/C6H7BrN4O2S/c1-3-4-8-14(12,13)6-5(7)9-10-11(6)2/h1,8H,4H2,2H3. The molecule has 0 bridgehead atoms. The van der Waals surface area contributed by atoms with Crippen LogP contribution in [-0.4, -0.2) is 30.0 Å². The van der Waals surface area contributed by atoms with Crippen molar-refractivity contribution in [3.63, 3.8) is 0 Å². The normalized spacial score (nSPS) is 11.2. The Morgan fingerprint density at radius 2 is 2.36 bits per heavy atom. The summed E-state index contributed by atoms with van der Waals surface area (Å²) in [4.78, 5) is 0. The minimum atomic E-state index is -3.64. The van der Waals surface area contributed by atoms with E-state index in [1.807, 2.05) is 0 Å². The van der Waals surface area contributed by atoms with Gasteiger partial charge in [-0.3, -0.25) is 0 Å². The van der Waals surface area contributed by atoms with Gasteiger partial charge in [0, 0.05) is 7.05 Å². The minimum Gasteiger partial charge on any atom is -0.235 e. The lowest BCUT2D eigenvalue weighted by molar-refractivity contribution is 0.564. The molecule has 1 aromatic heterocycles. The van der Waals surface area contributed by atoms with Crippen LogP contribution >= 0.6 is 15.9 Å². The summed E-state index contributed by atoms with van der Waals surface area (Å²) in [5.41, 5.74) is 0. The maximum absolute atomic E-state index is 11.6. The van der Waals surface area contributed by atoms with Crippen LogP contribution < -0.4 is 4.72 Å². The lowest BCUT2D eigenvalue weighted by Crippen LogP contribution is -2.26. The number of hydrogen-bond acceptors (Lipinski definition) is 4. The Labute approximate surface area is 89.9 Å². The molecule has 0 aromatic carbocycles. The van der Waals surface area contributed by atoms with Crippen molar-refractivity contribution in [3.05, 3.63) is 4.60 Å². The molecule has 0 saturated carbocycles.